The summed E-state index contributed by atoms with van der Waals surface area (Å²) in [6.07, 6.45) is 5.36. The highest BCUT2D eigenvalue weighted by Gasteiger charge is 2.27. The van der Waals surface area contributed by atoms with Gasteiger partial charge in [-0.15, -0.1) is 5.10 Å². The first-order valence-electron chi connectivity index (χ1n) is 12.6. The minimum atomic E-state index is -1.57. The predicted octanol–water partition coefficient (Wildman–Crippen LogP) is 6.22. The lowest BCUT2D eigenvalue weighted by Gasteiger charge is -2.22. The van der Waals surface area contributed by atoms with E-state index in [4.69, 9.17) is 11.6 Å². The van der Waals surface area contributed by atoms with E-state index in [1.807, 2.05) is 6.07 Å². The molecule has 1 aliphatic carbocycles. The highest BCUT2D eigenvalue weighted by Crippen LogP contribution is 2.37. The van der Waals surface area contributed by atoms with E-state index < -0.39 is 6.02 Å². The molecule has 0 aliphatic heterocycles. The topological polar surface area (TPSA) is 115 Å². The fourth-order valence-electron chi connectivity index (χ4n) is 4.04. The van der Waals surface area contributed by atoms with Crippen molar-refractivity contribution in [2.75, 3.05) is 17.2 Å². The molecule has 1 saturated carbocycles. The fourth-order valence-corrected chi connectivity index (χ4v) is 4.31. The van der Waals surface area contributed by atoms with Crippen LogP contribution in [0.25, 0.3) is 10.9 Å². The number of halogens is 1. The molecule has 5 rings (SSSR count). The number of anilines is 2. The Bertz CT molecular complexity index is 1610. The summed E-state index contributed by atoms with van der Waals surface area (Å²) in [7, 11) is 0. The number of hydrogen-bond donors (Lipinski definition) is 2. The molecule has 9 heteroatoms. The summed E-state index contributed by atoms with van der Waals surface area (Å²) < 4.78 is 11.4. The van der Waals surface area contributed by atoms with Gasteiger partial charge in [0.1, 0.15) is 11.8 Å². The zero-order valence-corrected chi connectivity index (χ0v) is 21.6. The Hall–Kier alpha value is -4.14. The number of nitriles is 2. The van der Waals surface area contributed by atoms with Crippen LogP contribution in [-0.2, 0) is 0 Å². The Labute approximate surface area is 222 Å². The third-order valence-corrected chi connectivity index (χ3v) is 6.37. The van der Waals surface area contributed by atoms with Crippen LogP contribution >= 0.6 is 11.6 Å². The van der Waals surface area contributed by atoms with Crippen molar-refractivity contribution in [1.29, 1.82) is 10.5 Å². The molecule has 0 unspecified atom stereocenters. The lowest BCUT2D eigenvalue weighted by Crippen LogP contribution is -2.20. The van der Waals surface area contributed by atoms with E-state index in [9.17, 15) is 11.9 Å². The van der Waals surface area contributed by atoms with Crippen molar-refractivity contribution in [1.82, 2.24) is 20.0 Å². The molecule has 1 atom stereocenters. The van der Waals surface area contributed by atoms with Crippen LogP contribution in [0.3, 0.4) is 0 Å². The molecule has 0 amide bonds. The van der Waals surface area contributed by atoms with Gasteiger partial charge in [-0.25, -0.2) is 4.68 Å². The second-order valence-corrected chi connectivity index (χ2v) is 10.8. The molecule has 0 radical (unpaired) electrons. The van der Waals surface area contributed by atoms with Crippen LogP contribution in [-0.4, -0.2) is 26.5 Å². The Morgan fingerprint density at radius 2 is 2.03 bits per heavy atom. The molecule has 186 valence electrons. The van der Waals surface area contributed by atoms with Crippen LogP contribution in [0.1, 0.15) is 69.4 Å². The Morgan fingerprint density at radius 3 is 2.73 bits per heavy atom. The molecular weight excluding hydrogens is 484 g/mol. The highest BCUT2D eigenvalue weighted by atomic mass is 35.5. The quantitative estimate of drug-likeness (QED) is 0.302. The van der Waals surface area contributed by atoms with Crippen molar-refractivity contribution in [3.8, 4) is 12.1 Å². The van der Waals surface area contributed by atoms with Crippen LogP contribution in [0.15, 0.2) is 48.8 Å². The molecule has 0 spiro atoms. The molecule has 37 heavy (non-hydrogen) atoms. The summed E-state index contributed by atoms with van der Waals surface area (Å²) in [5.74, 6) is 0. The first-order chi connectivity index (χ1) is 18.1. The van der Waals surface area contributed by atoms with Crippen molar-refractivity contribution in [2.24, 2.45) is 5.41 Å². The zero-order chi connectivity index (χ0) is 27.1. The van der Waals surface area contributed by atoms with Crippen molar-refractivity contribution in [3.05, 3.63) is 76.2 Å². The Morgan fingerprint density at radius 1 is 1.22 bits per heavy atom. The third-order valence-electron chi connectivity index (χ3n) is 6.08. The second-order valence-electron chi connectivity index (χ2n) is 10.4. The third kappa shape index (κ3) is 5.35. The molecule has 1 aliphatic rings. The zero-order valence-electron chi connectivity index (χ0n) is 21.9. The molecule has 0 bridgehead atoms. The van der Waals surface area contributed by atoms with Gasteiger partial charge < -0.3 is 10.6 Å². The lowest BCUT2D eigenvalue weighted by atomic mass is 9.96. The summed E-state index contributed by atoms with van der Waals surface area (Å²) in [6.45, 7) is 6.94. The minimum Gasteiger partial charge on any atom is -0.383 e. The molecule has 2 heterocycles. The van der Waals surface area contributed by atoms with Crippen LogP contribution in [0, 0.1) is 28.1 Å². The monoisotopic (exact) mass is 511 g/mol. The van der Waals surface area contributed by atoms with E-state index in [0.29, 0.717) is 62.3 Å². The summed E-state index contributed by atoms with van der Waals surface area (Å²) in [4.78, 5) is 4.43. The van der Waals surface area contributed by atoms with E-state index in [1.165, 1.54) is 6.20 Å². The van der Waals surface area contributed by atoms with Crippen molar-refractivity contribution in [2.45, 2.75) is 45.7 Å². The summed E-state index contributed by atoms with van der Waals surface area (Å²) in [6, 6.07) is 13.5. The van der Waals surface area contributed by atoms with Gasteiger partial charge in [-0.3, -0.25) is 4.98 Å². The van der Waals surface area contributed by atoms with Gasteiger partial charge in [-0.2, -0.15) is 10.5 Å². The van der Waals surface area contributed by atoms with Gasteiger partial charge in [0.2, 0.25) is 0 Å². The molecule has 4 aromatic rings. The van der Waals surface area contributed by atoms with Gasteiger partial charge in [0.15, 0.2) is 0 Å². The van der Waals surface area contributed by atoms with Crippen LogP contribution in [0.4, 0.5) is 11.4 Å². The standard InChI is InChI=1S/C28H27ClN8/c1-28(2,3)16-33-25-19(13-31)14-32-27-22(25)10-20(11-23(27)29)34-26(18-6-4-5-17(9-18)12-30)24-15-37(36-35-24)21-7-8-21/h4-6,9-11,14-15,21,26,34H,7-8,16H2,1-3H3,(H,32,33)/t26-/m1/s1/i26D. The minimum absolute atomic E-state index is 0.0303. The molecule has 2 aromatic carbocycles. The summed E-state index contributed by atoms with van der Waals surface area (Å²) in [5.41, 5.74) is 3.46. The number of hydrogen-bond acceptors (Lipinski definition) is 7. The van der Waals surface area contributed by atoms with Crippen LogP contribution in [0.2, 0.25) is 5.02 Å². The molecule has 2 N–H and O–H groups in total. The predicted molar refractivity (Wildman–Crippen MR) is 144 cm³/mol. The summed E-state index contributed by atoms with van der Waals surface area (Å²) in [5, 5.41) is 35.6. The summed E-state index contributed by atoms with van der Waals surface area (Å²) >= 11 is 6.69. The SMILES string of the molecule is [2H][C@@](Nc1cc(Cl)c2ncc(C#N)c(NCC(C)(C)C)c2c1)(c1cccc(C#N)c1)c1cn(C2CC2)nn1. The Kier molecular flexibility index (Phi) is 6.12. The van der Waals surface area contributed by atoms with Gasteiger partial charge in [0.05, 0.1) is 53.1 Å². The molecule has 8 nitrogen and oxygen atoms in total. The normalized spacial score (nSPS) is 15.4. The van der Waals surface area contributed by atoms with Gasteiger partial charge in [0, 0.05) is 23.8 Å². The highest BCUT2D eigenvalue weighted by molar-refractivity contribution is 6.35. The maximum Gasteiger partial charge on any atom is 0.109 e. The van der Waals surface area contributed by atoms with E-state index in [-0.39, 0.29) is 5.41 Å². The smallest absolute Gasteiger partial charge is 0.109 e. The average molecular weight is 512 g/mol. The van der Waals surface area contributed by atoms with Crippen molar-refractivity contribution in [3.63, 3.8) is 0 Å². The van der Waals surface area contributed by atoms with Gasteiger partial charge in [-0.05, 0) is 48.1 Å². The van der Waals surface area contributed by atoms with E-state index in [1.54, 1.807) is 41.2 Å². The maximum absolute atomic E-state index is 9.78. The maximum atomic E-state index is 9.78. The number of nitrogens with one attached hydrogen (secondary N) is 2. The number of rotatable bonds is 7. The van der Waals surface area contributed by atoms with Crippen LogP contribution in [0.5, 0.6) is 0 Å². The van der Waals surface area contributed by atoms with E-state index in [0.717, 1.165) is 12.8 Å². The number of benzene rings is 2. The molecular formula is C28H27ClN8. The van der Waals surface area contributed by atoms with Gasteiger partial charge >= 0.3 is 0 Å². The van der Waals surface area contributed by atoms with E-state index in [2.05, 4.69) is 58.8 Å². The number of fused-ring (bicyclic) bond motifs is 1. The van der Waals surface area contributed by atoms with Crippen molar-refractivity contribution < 1.29 is 1.37 Å². The number of aromatic nitrogens is 4. The lowest BCUT2D eigenvalue weighted by molar-refractivity contribution is 0.443. The first-order valence-corrected chi connectivity index (χ1v) is 12.5. The largest absolute Gasteiger partial charge is 0.383 e. The molecule has 0 saturated heterocycles. The van der Waals surface area contributed by atoms with Gasteiger partial charge in [0.25, 0.3) is 0 Å². The number of nitrogens with zero attached hydrogens (tertiary/aromatic N) is 6. The first kappa shape index (κ1) is 23.3. The van der Waals surface area contributed by atoms with E-state index >= 15 is 0 Å². The molecule has 1 fully saturated rings. The van der Waals surface area contributed by atoms with Gasteiger partial charge in [-0.1, -0.05) is 49.7 Å². The molecule has 2 aromatic heterocycles. The average Bonchev–Trinajstić information content (AvgIpc) is 3.62. The van der Waals surface area contributed by atoms with Crippen molar-refractivity contribution >= 4 is 33.9 Å². The second kappa shape index (κ2) is 9.72. The van der Waals surface area contributed by atoms with Crippen LogP contribution < -0.4 is 10.6 Å². The fraction of sp³-hybridized carbons (Fsp3) is 0.321. The Balaban J connectivity index is 1.64. The number of pyridine rings is 1.